The van der Waals surface area contributed by atoms with Crippen LogP contribution in [-0.4, -0.2) is 41.4 Å². The summed E-state index contributed by atoms with van der Waals surface area (Å²) in [6.45, 7) is 22.0. The molecule has 2 saturated carbocycles. The maximum atomic E-state index is 5.02. The topological polar surface area (TPSA) is 45.2 Å². The monoisotopic (exact) mass is 717 g/mol. The number of pyridine rings is 1. The van der Waals surface area contributed by atoms with Gasteiger partial charge in [0.2, 0.25) is 0 Å². The summed E-state index contributed by atoms with van der Waals surface area (Å²) in [4.78, 5) is 10.0. The molecular weight excluding hydrogens is 659 g/mol. The Morgan fingerprint density at radius 1 is 0.537 bits per heavy atom. The molecule has 0 amide bonds. The SMILES string of the molecule is CCCN(CC1CC1)c1cnc(-c2c(C)cc(C)cc2C)c2ccccc12.CCCN(CC1CC1)c1nnc(-c2c(C)cc(C)cc2C)c2ccccc12. The second-order valence-corrected chi connectivity index (χ2v) is 16.3. The number of hydrogen-bond donors (Lipinski definition) is 0. The van der Waals surface area contributed by atoms with E-state index in [0.29, 0.717) is 0 Å². The van der Waals surface area contributed by atoms with Crippen LogP contribution < -0.4 is 9.80 Å². The van der Waals surface area contributed by atoms with Gasteiger partial charge in [-0.1, -0.05) is 97.8 Å². The Balaban J connectivity index is 0.000000167. The summed E-state index contributed by atoms with van der Waals surface area (Å²) < 4.78 is 0. The molecule has 2 aliphatic carbocycles. The number of anilines is 2. The van der Waals surface area contributed by atoms with Crippen molar-refractivity contribution < 1.29 is 0 Å². The van der Waals surface area contributed by atoms with Crippen LogP contribution in [0, 0.1) is 53.4 Å². The minimum Gasteiger partial charge on any atom is -0.370 e. The van der Waals surface area contributed by atoms with Crippen LogP contribution in [-0.2, 0) is 0 Å². The predicted octanol–water partition coefficient (Wildman–Crippen LogP) is 12.3. The molecule has 2 aromatic heterocycles. The van der Waals surface area contributed by atoms with Gasteiger partial charge in [0.25, 0.3) is 0 Å². The van der Waals surface area contributed by atoms with E-state index >= 15 is 0 Å². The highest BCUT2D eigenvalue weighted by Gasteiger charge is 2.27. The van der Waals surface area contributed by atoms with Crippen molar-refractivity contribution in [3.8, 4) is 22.5 Å². The molecule has 0 saturated heterocycles. The second-order valence-electron chi connectivity index (χ2n) is 16.3. The molecule has 54 heavy (non-hydrogen) atoms. The van der Waals surface area contributed by atoms with E-state index in [9.17, 15) is 0 Å². The normalized spacial score (nSPS) is 13.9. The van der Waals surface area contributed by atoms with Crippen LogP contribution in [0.2, 0.25) is 0 Å². The highest BCUT2D eigenvalue weighted by atomic mass is 15.3. The first-order valence-corrected chi connectivity index (χ1v) is 20.5. The summed E-state index contributed by atoms with van der Waals surface area (Å²) in [6, 6.07) is 26.5. The Kier molecular flexibility index (Phi) is 11.3. The number of fused-ring (bicyclic) bond motifs is 2. The zero-order chi connectivity index (χ0) is 37.9. The largest absolute Gasteiger partial charge is 0.370 e. The summed E-state index contributed by atoms with van der Waals surface area (Å²) in [6.07, 6.45) is 9.88. The second kappa shape index (κ2) is 16.3. The Morgan fingerprint density at radius 2 is 0.981 bits per heavy atom. The van der Waals surface area contributed by atoms with Crippen molar-refractivity contribution in [2.75, 3.05) is 36.0 Å². The van der Waals surface area contributed by atoms with Gasteiger partial charge >= 0.3 is 0 Å². The zero-order valence-electron chi connectivity index (χ0n) is 34.0. The van der Waals surface area contributed by atoms with Crippen LogP contribution in [0.25, 0.3) is 44.1 Å². The van der Waals surface area contributed by atoms with Crippen molar-refractivity contribution in [1.82, 2.24) is 15.2 Å². The minimum atomic E-state index is 0.832. The number of rotatable bonds is 12. The van der Waals surface area contributed by atoms with Crippen molar-refractivity contribution in [2.24, 2.45) is 11.8 Å². The molecule has 0 spiro atoms. The molecule has 0 aliphatic heterocycles. The van der Waals surface area contributed by atoms with Crippen molar-refractivity contribution in [2.45, 2.75) is 93.9 Å². The molecule has 0 N–H and O–H groups in total. The molecule has 2 heterocycles. The summed E-state index contributed by atoms with van der Waals surface area (Å²) in [7, 11) is 0. The molecule has 2 fully saturated rings. The molecule has 0 atom stereocenters. The number of benzene rings is 4. The summed E-state index contributed by atoms with van der Waals surface area (Å²) in [5.41, 5.74) is 13.7. The van der Waals surface area contributed by atoms with Crippen LogP contribution in [0.4, 0.5) is 11.5 Å². The Bertz CT molecular complexity index is 2060. The third-order valence-corrected chi connectivity index (χ3v) is 11.2. The van der Waals surface area contributed by atoms with Gasteiger partial charge in [0.15, 0.2) is 5.82 Å². The highest BCUT2D eigenvalue weighted by Crippen LogP contribution is 2.39. The average Bonchev–Trinajstić information content (AvgIpc) is 4.09. The molecule has 8 rings (SSSR count). The number of aromatic nitrogens is 3. The van der Waals surface area contributed by atoms with Gasteiger partial charge in [-0.3, -0.25) is 4.98 Å². The lowest BCUT2D eigenvalue weighted by Gasteiger charge is -2.26. The molecule has 0 bridgehead atoms. The molecule has 0 unspecified atom stereocenters. The lowest BCUT2D eigenvalue weighted by Crippen LogP contribution is -2.28. The predicted molar refractivity (Wildman–Crippen MR) is 231 cm³/mol. The van der Waals surface area contributed by atoms with Gasteiger partial charge in [-0.25, -0.2) is 0 Å². The molecular formula is C49H59N5. The first-order chi connectivity index (χ1) is 26.2. The van der Waals surface area contributed by atoms with Crippen LogP contribution in [0.15, 0.2) is 79.0 Å². The van der Waals surface area contributed by atoms with E-state index in [1.165, 1.54) is 110 Å². The summed E-state index contributed by atoms with van der Waals surface area (Å²) in [5, 5.41) is 14.5. The molecule has 5 heteroatoms. The standard InChI is InChI=1S/C25H30N2.C24H29N3/c1-5-12-27(16-20-10-11-20)23-15-26-25(22-9-7-6-8-21(22)23)24-18(3)13-17(2)14-19(24)4;1-5-12-27(15-19-10-11-19)24-21-9-7-6-8-20(21)23(25-26-24)22-17(3)13-16(2)14-18(22)4/h6-9,13-15,20H,5,10-12,16H2,1-4H3;6-9,13-14,19H,5,10-12,15H2,1-4H3. The lowest BCUT2D eigenvalue weighted by molar-refractivity contribution is 0.696. The molecule has 4 aromatic carbocycles. The van der Waals surface area contributed by atoms with Crippen molar-refractivity contribution in [3.05, 3.63) is 112 Å². The van der Waals surface area contributed by atoms with Crippen LogP contribution >= 0.6 is 0 Å². The van der Waals surface area contributed by atoms with Crippen molar-refractivity contribution in [1.29, 1.82) is 0 Å². The van der Waals surface area contributed by atoms with Gasteiger partial charge in [0.05, 0.1) is 17.6 Å². The van der Waals surface area contributed by atoms with E-state index in [1.807, 2.05) is 0 Å². The van der Waals surface area contributed by atoms with E-state index in [4.69, 9.17) is 15.2 Å². The number of nitrogens with zero attached hydrogens (tertiary/aromatic N) is 5. The van der Waals surface area contributed by atoms with E-state index in [2.05, 4.69) is 144 Å². The minimum absolute atomic E-state index is 0.832. The van der Waals surface area contributed by atoms with Gasteiger partial charge in [-0.15, -0.1) is 10.2 Å². The number of aryl methyl sites for hydroxylation is 6. The van der Waals surface area contributed by atoms with Crippen LogP contribution in [0.3, 0.4) is 0 Å². The molecule has 280 valence electrons. The molecule has 6 aromatic rings. The third kappa shape index (κ3) is 8.16. The van der Waals surface area contributed by atoms with E-state index in [1.54, 1.807) is 0 Å². The smallest absolute Gasteiger partial charge is 0.159 e. The number of hydrogen-bond acceptors (Lipinski definition) is 5. The third-order valence-electron chi connectivity index (χ3n) is 11.2. The lowest BCUT2D eigenvalue weighted by atomic mass is 9.94. The first-order valence-electron chi connectivity index (χ1n) is 20.5. The zero-order valence-corrected chi connectivity index (χ0v) is 34.0. The van der Waals surface area contributed by atoms with Crippen LogP contribution in [0.5, 0.6) is 0 Å². The van der Waals surface area contributed by atoms with Gasteiger partial charge in [-0.05, 0) is 114 Å². The highest BCUT2D eigenvalue weighted by molar-refractivity contribution is 6.03. The van der Waals surface area contributed by atoms with Gasteiger partial charge in [0, 0.05) is 58.9 Å². The Hall–Kier alpha value is -4.77. The maximum absolute atomic E-state index is 5.02. The Morgan fingerprint density at radius 3 is 1.50 bits per heavy atom. The fourth-order valence-corrected chi connectivity index (χ4v) is 8.60. The molecule has 2 aliphatic rings. The van der Waals surface area contributed by atoms with Crippen molar-refractivity contribution in [3.63, 3.8) is 0 Å². The van der Waals surface area contributed by atoms with E-state index in [-0.39, 0.29) is 0 Å². The fraction of sp³-hybridized carbons (Fsp3) is 0.408. The fourth-order valence-electron chi connectivity index (χ4n) is 8.60. The Labute approximate surface area is 323 Å². The summed E-state index contributed by atoms with van der Waals surface area (Å²) in [5.74, 6) is 2.75. The van der Waals surface area contributed by atoms with Gasteiger partial charge in [0.1, 0.15) is 5.69 Å². The van der Waals surface area contributed by atoms with E-state index < -0.39 is 0 Å². The van der Waals surface area contributed by atoms with Gasteiger partial charge in [-0.2, -0.15) is 0 Å². The molecule has 0 radical (unpaired) electrons. The van der Waals surface area contributed by atoms with Gasteiger partial charge < -0.3 is 9.80 Å². The summed E-state index contributed by atoms with van der Waals surface area (Å²) >= 11 is 0. The van der Waals surface area contributed by atoms with Crippen molar-refractivity contribution >= 4 is 33.1 Å². The quantitative estimate of drug-likeness (QED) is 0.126. The maximum Gasteiger partial charge on any atom is 0.159 e. The first kappa shape index (κ1) is 37.5. The van der Waals surface area contributed by atoms with E-state index in [0.717, 1.165) is 55.1 Å². The molecule has 5 nitrogen and oxygen atoms in total. The van der Waals surface area contributed by atoms with Crippen LogP contribution in [0.1, 0.15) is 85.8 Å². The average molecular weight is 718 g/mol.